The molecule has 2 aromatic rings. The number of halogens is 2. The number of benzene rings is 1. The predicted molar refractivity (Wildman–Crippen MR) is 90.8 cm³/mol. The first kappa shape index (κ1) is 17.1. The van der Waals surface area contributed by atoms with Gasteiger partial charge in [0.2, 0.25) is 0 Å². The maximum Gasteiger partial charge on any atom is 0.254 e. The molecule has 25 heavy (non-hydrogen) atoms. The number of hydrogen-bond acceptors (Lipinski definition) is 5. The minimum absolute atomic E-state index is 0.154. The number of piperazine rings is 1. The Labute approximate surface area is 144 Å². The molecular weight excluding hydrogens is 328 g/mol. The number of carbonyl (C=O) groups excluding carboxylic acids is 1. The number of anilines is 2. The lowest BCUT2D eigenvalue weighted by Gasteiger charge is -2.35. The summed E-state index contributed by atoms with van der Waals surface area (Å²) >= 11 is 0. The highest BCUT2D eigenvalue weighted by molar-refractivity contribution is 5.94. The van der Waals surface area contributed by atoms with Crippen molar-refractivity contribution in [2.75, 3.05) is 50.1 Å². The third-order valence-electron chi connectivity index (χ3n) is 4.20. The van der Waals surface area contributed by atoms with Crippen molar-refractivity contribution in [3.8, 4) is 0 Å². The molecule has 0 spiro atoms. The van der Waals surface area contributed by atoms with E-state index in [1.807, 2.05) is 25.1 Å². The maximum absolute atomic E-state index is 13.3. The molecule has 0 bridgehead atoms. The zero-order chi connectivity index (χ0) is 18.0. The van der Waals surface area contributed by atoms with E-state index in [1.54, 1.807) is 11.1 Å². The Hall–Kier alpha value is -2.77. The molecule has 132 valence electrons. The van der Waals surface area contributed by atoms with Crippen molar-refractivity contribution in [2.45, 2.75) is 0 Å². The van der Waals surface area contributed by atoms with Crippen molar-refractivity contribution in [2.24, 2.45) is 0 Å². The molecule has 1 aliphatic rings. The fraction of sp³-hybridized carbons (Fsp3) is 0.353. The lowest BCUT2D eigenvalue weighted by Crippen LogP contribution is -2.49. The molecule has 8 heteroatoms. The summed E-state index contributed by atoms with van der Waals surface area (Å²) in [6.45, 7) is 2.15. The Kier molecular flexibility index (Phi) is 4.78. The summed E-state index contributed by atoms with van der Waals surface area (Å²) in [5.41, 5.74) is 1.10. The fourth-order valence-corrected chi connectivity index (χ4v) is 2.70. The van der Waals surface area contributed by atoms with Crippen molar-refractivity contribution < 1.29 is 13.6 Å². The monoisotopic (exact) mass is 347 g/mol. The predicted octanol–water partition coefficient (Wildman–Crippen LogP) is 1.78. The van der Waals surface area contributed by atoms with E-state index in [0.717, 1.165) is 23.6 Å². The van der Waals surface area contributed by atoms with Crippen molar-refractivity contribution in [3.63, 3.8) is 0 Å². The van der Waals surface area contributed by atoms with E-state index in [0.29, 0.717) is 26.2 Å². The van der Waals surface area contributed by atoms with Gasteiger partial charge in [-0.05, 0) is 18.2 Å². The molecule has 1 aromatic carbocycles. The van der Waals surface area contributed by atoms with Gasteiger partial charge in [0.25, 0.3) is 5.91 Å². The van der Waals surface area contributed by atoms with Gasteiger partial charge >= 0.3 is 0 Å². The number of rotatable bonds is 3. The second kappa shape index (κ2) is 7.00. The lowest BCUT2D eigenvalue weighted by molar-refractivity contribution is 0.0746. The molecular formula is C17H19F2N5O. The van der Waals surface area contributed by atoms with Crippen LogP contribution in [0.15, 0.2) is 30.5 Å². The molecule has 0 atom stereocenters. The van der Waals surface area contributed by atoms with Crippen LogP contribution < -0.4 is 9.80 Å². The first-order valence-corrected chi connectivity index (χ1v) is 7.95. The Morgan fingerprint density at radius 2 is 1.80 bits per heavy atom. The zero-order valence-electron chi connectivity index (χ0n) is 14.1. The van der Waals surface area contributed by atoms with Gasteiger partial charge in [-0.1, -0.05) is 0 Å². The summed E-state index contributed by atoms with van der Waals surface area (Å²) < 4.78 is 26.3. The Morgan fingerprint density at radius 1 is 1.08 bits per heavy atom. The van der Waals surface area contributed by atoms with E-state index in [1.165, 1.54) is 6.07 Å². The van der Waals surface area contributed by atoms with Crippen LogP contribution in [-0.4, -0.2) is 61.3 Å². The first-order valence-electron chi connectivity index (χ1n) is 7.95. The summed E-state index contributed by atoms with van der Waals surface area (Å²) in [4.78, 5) is 18.1. The molecule has 0 aliphatic carbocycles. The van der Waals surface area contributed by atoms with Crippen molar-refractivity contribution >= 4 is 17.4 Å². The molecule has 1 amide bonds. The second-order valence-corrected chi connectivity index (χ2v) is 6.07. The highest BCUT2D eigenvalue weighted by Crippen LogP contribution is 2.19. The Morgan fingerprint density at radius 3 is 2.44 bits per heavy atom. The minimum atomic E-state index is -1.01. The first-order chi connectivity index (χ1) is 12.0. The molecule has 6 nitrogen and oxygen atoms in total. The van der Waals surface area contributed by atoms with Crippen LogP contribution >= 0.6 is 0 Å². The summed E-state index contributed by atoms with van der Waals surface area (Å²) in [7, 11) is 3.86. The zero-order valence-corrected chi connectivity index (χ0v) is 14.1. The van der Waals surface area contributed by atoms with Crippen molar-refractivity contribution in [1.82, 2.24) is 15.1 Å². The highest BCUT2D eigenvalue weighted by Gasteiger charge is 2.24. The van der Waals surface area contributed by atoms with Gasteiger partial charge in [0.05, 0.1) is 11.9 Å². The van der Waals surface area contributed by atoms with Gasteiger partial charge in [-0.3, -0.25) is 4.79 Å². The van der Waals surface area contributed by atoms with E-state index in [2.05, 4.69) is 15.1 Å². The summed E-state index contributed by atoms with van der Waals surface area (Å²) in [5, 5.41) is 8.16. The molecule has 3 rings (SSSR count). The largest absolute Gasteiger partial charge is 0.376 e. The molecule has 0 N–H and O–H groups in total. The van der Waals surface area contributed by atoms with Crippen molar-refractivity contribution in [3.05, 3.63) is 47.7 Å². The normalized spacial score (nSPS) is 14.6. The average Bonchev–Trinajstić information content (AvgIpc) is 2.63. The highest BCUT2D eigenvalue weighted by atomic mass is 19.2. The third kappa shape index (κ3) is 3.67. The van der Waals surface area contributed by atoms with Crippen LogP contribution in [0.25, 0.3) is 0 Å². The standard InChI is InChI=1S/C17H19F2N5O/c1-22(2)13-10-16(21-20-11-13)23-5-7-24(8-6-23)17(25)12-3-4-14(18)15(19)9-12/h3-4,9-11H,5-8H2,1-2H3. The average molecular weight is 347 g/mol. The van der Waals surface area contributed by atoms with Crippen LogP contribution in [-0.2, 0) is 0 Å². The summed E-state index contributed by atoms with van der Waals surface area (Å²) in [6, 6.07) is 5.16. The molecule has 1 aliphatic heterocycles. The van der Waals surface area contributed by atoms with Crippen molar-refractivity contribution in [1.29, 1.82) is 0 Å². The molecule has 1 aromatic heterocycles. The van der Waals surface area contributed by atoms with Crippen LogP contribution in [0, 0.1) is 11.6 Å². The van der Waals surface area contributed by atoms with Gasteiger partial charge in [-0.15, -0.1) is 5.10 Å². The molecule has 0 saturated carbocycles. The van der Waals surface area contributed by atoms with E-state index in [9.17, 15) is 13.6 Å². The van der Waals surface area contributed by atoms with Gasteiger partial charge in [0.15, 0.2) is 17.5 Å². The topological polar surface area (TPSA) is 52.6 Å². The third-order valence-corrected chi connectivity index (χ3v) is 4.20. The molecule has 0 radical (unpaired) electrons. The molecule has 2 heterocycles. The lowest BCUT2D eigenvalue weighted by atomic mass is 10.1. The van der Waals surface area contributed by atoms with Gasteiger partial charge in [-0.2, -0.15) is 5.10 Å². The van der Waals surface area contributed by atoms with Gasteiger partial charge in [-0.25, -0.2) is 8.78 Å². The number of amides is 1. The van der Waals surface area contributed by atoms with Crippen LogP contribution in [0.3, 0.4) is 0 Å². The molecule has 1 saturated heterocycles. The smallest absolute Gasteiger partial charge is 0.254 e. The van der Waals surface area contributed by atoms with E-state index in [-0.39, 0.29) is 11.5 Å². The number of hydrogen-bond donors (Lipinski definition) is 0. The van der Waals surface area contributed by atoms with Crippen LogP contribution in [0.4, 0.5) is 20.3 Å². The quantitative estimate of drug-likeness (QED) is 0.847. The maximum atomic E-state index is 13.3. The summed E-state index contributed by atoms with van der Waals surface area (Å²) in [5.74, 6) is -1.52. The van der Waals surface area contributed by atoms with E-state index in [4.69, 9.17) is 0 Å². The Bertz CT molecular complexity index is 775. The fourth-order valence-electron chi connectivity index (χ4n) is 2.70. The number of aromatic nitrogens is 2. The van der Waals surface area contributed by atoms with Gasteiger partial charge < -0.3 is 14.7 Å². The minimum Gasteiger partial charge on any atom is -0.376 e. The number of carbonyl (C=O) groups is 1. The van der Waals surface area contributed by atoms with Gasteiger partial charge in [0, 0.05) is 51.9 Å². The Balaban J connectivity index is 1.66. The SMILES string of the molecule is CN(C)c1cnnc(N2CCN(C(=O)c3ccc(F)c(F)c3)CC2)c1. The van der Waals surface area contributed by atoms with E-state index >= 15 is 0 Å². The van der Waals surface area contributed by atoms with Crippen LogP contribution in [0.5, 0.6) is 0 Å². The summed E-state index contributed by atoms with van der Waals surface area (Å²) in [6.07, 6.45) is 1.69. The molecule has 0 unspecified atom stereocenters. The van der Waals surface area contributed by atoms with E-state index < -0.39 is 11.6 Å². The van der Waals surface area contributed by atoms with Gasteiger partial charge in [0.1, 0.15) is 0 Å². The molecule has 1 fully saturated rings. The van der Waals surface area contributed by atoms with Crippen LogP contribution in [0.2, 0.25) is 0 Å². The number of nitrogens with zero attached hydrogens (tertiary/aromatic N) is 5. The van der Waals surface area contributed by atoms with Crippen LogP contribution in [0.1, 0.15) is 10.4 Å². The second-order valence-electron chi connectivity index (χ2n) is 6.07.